The van der Waals surface area contributed by atoms with Gasteiger partial charge in [-0.25, -0.2) is 0 Å². The lowest BCUT2D eigenvalue weighted by atomic mass is 9.87. The van der Waals surface area contributed by atoms with Crippen molar-refractivity contribution in [2.45, 2.75) is 45.6 Å². The number of rotatable bonds is 9. The molecule has 3 aromatic rings. The van der Waals surface area contributed by atoms with Crippen LogP contribution < -0.4 is 9.47 Å². The standard InChI is InChI=1S/C26H31NO4/c1-26(2,3)20-7-13-23(14-8-20)31-18-17-27-21(10-16-25(28)29)9-15-24(27)19-5-11-22(30-4)12-6-19/h5-9,11-15H,10,16-18H2,1-4H3,(H,28,29). The number of carboxylic acid groups (broad SMARTS) is 1. The summed E-state index contributed by atoms with van der Waals surface area (Å²) in [5.74, 6) is 0.835. The summed E-state index contributed by atoms with van der Waals surface area (Å²) in [5, 5.41) is 9.10. The zero-order valence-electron chi connectivity index (χ0n) is 18.7. The topological polar surface area (TPSA) is 60.7 Å². The van der Waals surface area contributed by atoms with E-state index in [0.717, 1.165) is 28.5 Å². The fourth-order valence-electron chi connectivity index (χ4n) is 3.55. The molecule has 31 heavy (non-hydrogen) atoms. The Bertz CT molecular complexity index is 995. The molecule has 0 unspecified atom stereocenters. The van der Waals surface area contributed by atoms with E-state index in [1.807, 2.05) is 48.5 Å². The largest absolute Gasteiger partial charge is 0.497 e. The second-order valence-corrected chi connectivity index (χ2v) is 8.61. The van der Waals surface area contributed by atoms with Crippen LogP contribution in [0.5, 0.6) is 11.5 Å². The van der Waals surface area contributed by atoms with Crippen molar-refractivity contribution in [3.63, 3.8) is 0 Å². The number of benzene rings is 2. The van der Waals surface area contributed by atoms with Crippen molar-refractivity contribution in [3.05, 3.63) is 71.9 Å². The minimum absolute atomic E-state index is 0.0984. The van der Waals surface area contributed by atoms with Gasteiger partial charge in [0.1, 0.15) is 18.1 Å². The molecule has 0 atom stereocenters. The summed E-state index contributed by atoms with van der Waals surface area (Å²) < 4.78 is 13.4. The highest BCUT2D eigenvalue weighted by molar-refractivity contribution is 5.67. The number of aryl methyl sites for hydroxylation is 1. The van der Waals surface area contributed by atoms with Crippen LogP contribution in [-0.4, -0.2) is 29.4 Å². The highest BCUT2D eigenvalue weighted by Gasteiger charge is 2.14. The van der Waals surface area contributed by atoms with Crippen LogP contribution >= 0.6 is 0 Å². The normalized spacial score (nSPS) is 11.4. The van der Waals surface area contributed by atoms with E-state index in [1.165, 1.54) is 5.56 Å². The number of hydrogen-bond donors (Lipinski definition) is 1. The molecule has 5 nitrogen and oxygen atoms in total. The Morgan fingerprint density at radius 1 is 0.935 bits per heavy atom. The van der Waals surface area contributed by atoms with Crippen molar-refractivity contribution >= 4 is 5.97 Å². The summed E-state index contributed by atoms with van der Waals surface area (Å²) >= 11 is 0. The van der Waals surface area contributed by atoms with E-state index in [-0.39, 0.29) is 11.8 Å². The molecule has 0 aliphatic rings. The van der Waals surface area contributed by atoms with Crippen molar-refractivity contribution in [1.82, 2.24) is 4.57 Å². The highest BCUT2D eigenvalue weighted by Crippen LogP contribution is 2.27. The van der Waals surface area contributed by atoms with Gasteiger partial charge in [0.15, 0.2) is 0 Å². The van der Waals surface area contributed by atoms with Gasteiger partial charge in [0.2, 0.25) is 0 Å². The summed E-state index contributed by atoms with van der Waals surface area (Å²) in [7, 11) is 1.65. The number of aromatic nitrogens is 1. The third-order valence-electron chi connectivity index (χ3n) is 5.36. The van der Waals surface area contributed by atoms with E-state index in [4.69, 9.17) is 14.6 Å². The van der Waals surface area contributed by atoms with E-state index < -0.39 is 5.97 Å². The first-order valence-corrected chi connectivity index (χ1v) is 10.6. The van der Waals surface area contributed by atoms with Crippen LogP contribution in [-0.2, 0) is 23.2 Å². The number of ether oxygens (including phenoxy) is 2. The first-order chi connectivity index (χ1) is 14.8. The third kappa shape index (κ3) is 5.91. The molecular formula is C26H31NO4. The predicted octanol–water partition coefficient (Wildman–Crippen LogP) is 5.56. The minimum Gasteiger partial charge on any atom is -0.497 e. The van der Waals surface area contributed by atoms with E-state index in [9.17, 15) is 4.79 Å². The number of hydrogen-bond acceptors (Lipinski definition) is 3. The first-order valence-electron chi connectivity index (χ1n) is 10.6. The maximum Gasteiger partial charge on any atom is 0.303 e. The molecule has 1 heterocycles. The Morgan fingerprint density at radius 3 is 2.16 bits per heavy atom. The molecule has 0 saturated heterocycles. The lowest BCUT2D eigenvalue weighted by Crippen LogP contribution is -2.13. The van der Waals surface area contributed by atoms with Crippen LogP contribution in [0.1, 0.15) is 38.4 Å². The summed E-state index contributed by atoms with van der Waals surface area (Å²) in [6.07, 6.45) is 0.576. The molecule has 3 rings (SSSR count). The van der Waals surface area contributed by atoms with Crippen molar-refractivity contribution < 1.29 is 19.4 Å². The van der Waals surface area contributed by atoms with Gasteiger partial charge in [0.05, 0.1) is 20.1 Å². The Balaban J connectivity index is 1.75. The van der Waals surface area contributed by atoms with Crippen molar-refractivity contribution in [3.8, 4) is 22.8 Å². The Labute approximate surface area is 184 Å². The Kier molecular flexibility index (Phi) is 7.06. The average Bonchev–Trinajstić information content (AvgIpc) is 3.15. The maximum atomic E-state index is 11.1. The van der Waals surface area contributed by atoms with Gasteiger partial charge in [-0.2, -0.15) is 0 Å². The van der Waals surface area contributed by atoms with Crippen molar-refractivity contribution in [1.29, 1.82) is 0 Å². The van der Waals surface area contributed by atoms with Crippen LogP contribution in [0.4, 0.5) is 0 Å². The monoisotopic (exact) mass is 421 g/mol. The highest BCUT2D eigenvalue weighted by atomic mass is 16.5. The van der Waals surface area contributed by atoms with Gasteiger partial charge < -0.3 is 19.1 Å². The zero-order valence-corrected chi connectivity index (χ0v) is 18.7. The van der Waals surface area contributed by atoms with E-state index >= 15 is 0 Å². The molecular weight excluding hydrogens is 390 g/mol. The van der Waals surface area contributed by atoms with Crippen LogP contribution in [0.2, 0.25) is 0 Å². The quantitative estimate of drug-likeness (QED) is 0.492. The summed E-state index contributed by atoms with van der Waals surface area (Å²) in [4.78, 5) is 11.1. The number of methoxy groups -OCH3 is 1. The molecule has 0 bridgehead atoms. The summed E-state index contributed by atoms with van der Waals surface area (Å²) in [6.45, 7) is 7.69. The molecule has 2 aromatic carbocycles. The average molecular weight is 422 g/mol. The smallest absolute Gasteiger partial charge is 0.303 e. The molecule has 0 fully saturated rings. The molecule has 0 aliphatic heterocycles. The fraction of sp³-hybridized carbons (Fsp3) is 0.346. The van der Waals surface area contributed by atoms with Gasteiger partial charge in [-0.3, -0.25) is 4.79 Å². The van der Waals surface area contributed by atoms with E-state index in [2.05, 4.69) is 37.5 Å². The molecule has 0 aliphatic carbocycles. The molecule has 1 N–H and O–H groups in total. The summed E-state index contributed by atoms with van der Waals surface area (Å²) in [5.41, 5.74) is 4.45. The SMILES string of the molecule is COc1ccc(-c2ccc(CCC(=O)O)n2CCOc2ccc(C(C)(C)C)cc2)cc1. The number of carboxylic acids is 1. The second kappa shape index (κ2) is 9.73. The molecule has 0 radical (unpaired) electrons. The van der Waals surface area contributed by atoms with E-state index in [0.29, 0.717) is 19.6 Å². The van der Waals surface area contributed by atoms with Gasteiger partial charge in [-0.1, -0.05) is 32.9 Å². The van der Waals surface area contributed by atoms with Crippen LogP contribution in [0.3, 0.4) is 0 Å². The number of nitrogens with zero attached hydrogens (tertiary/aromatic N) is 1. The van der Waals surface area contributed by atoms with Crippen LogP contribution in [0, 0.1) is 0 Å². The van der Waals surface area contributed by atoms with Gasteiger partial charge in [-0.15, -0.1) is 0 Å². The molecule has 5 heteroatoms. The molecule has 0 spiro atoms. The minimum atomic E-state index is -0.797. The third-order valence-corrected chi connectivity index (χ3v) is 5.36. The molecule has 1 aromatic heterocycles. The van der Waals surface area contributed by atoms with E-state index in [1.54, 1.807) is 7.11 Å². The van der Waals surface area contributed by atoms with Gasteiger partial charge in [0, 0.05) is 11.4 Å². The number of aliphatic carboxylic acids is 1. The second-order valence-electron chi connectivity index (χ2n) is 8.61. The molecule has 0 saturated carbocycles. The molecule has 0 amide bonds. The van der Waals surface area contributed by atoms with Gasteiger partial charge in [0.25, 0.3) is 0 Å². The lowest BCUT2D eigenvalue weighted by molar-refractivity contribution is -0.136. The van der Waals surface area contributed by atoms with Crippen molar-refractivity contribution in [2.24, 2.45) is 0 Å². The predicted molar refractivity (Wildman–Crippen MR) is 123 cm³/mol. The maximum absolute atomic E-state index is 11.1. The fourth-order valence-corrected chi connectivity index (χ4v) is 3.55. The lowest BCUT2D eigenvalue weighted by Gasteiger charge is -2.19. The van der Waals surface area contributed by atoms with Crippen molar-refractivity contribution in [2.75, 3.05) is 13.7 Å². The Morgan fingerprint density at radius 2 is 1.58 bits per heavy atom. The first kappa shape index (κ1) is 22.5. The Hall–Kier alpha value is -3.21. The number of carbonyl (C=O) groups is 1. The zero-order chi connectivity index (χ0) is 22.4. The van der Waals surface area contributed by atoms with Gasteiger partial charge >= 0.3 is 5.97 Å². The van der Waals surface area contributed by atoms with Crippen LogP contribution in [0.25, 0.3) is 11.3 Å². The molecule has 164 valence electrons. The van der Waals surface area contributed by atoms with Gasteiger partial charge in [-0.05, 0) is 71.5 Å². The van der Waals surface area contributed by atoms with Crippen LogP contribution in [0.15, 0.2) is 60.7 Å². The summed E-state index contributed by atoms with van der Waals surface area (Å²) in [6, 6.07) is 20.1.